The van der Waals surface area contributed by atoms with Gasteiger partial charge in [-0.2, -0.15) is 0 Å². The highest BCUT2D eigenvalue weighted by Gasteiger charge is 2.35. The fourth-order valence-electron chi connectivity index (χ4n) is 3.30. The van der Waals surface area contributed by atoms with E-state index in [0.29, 0.717) is 18.2 Å². The van der Waals surface area contributed by atoms with Crippen molar-refractivity contribution >= 4 is 0 Å². The number of hydrogen-bond acceptors (Lipinski definition) is 3. The zero-order valence-electron chi connectivity index (χ0n) is 12.5. The molecule has 0 saturated carbocycles. The molecule has 3 nitrogen and oxygen atoms in total. The lowest BCUT2D eigenvalue weighted by atomic mass is 10.0. The number of ether oxygens (including phenoxy) is 1. The van der Waals surface area contributed by atoms with E-state index in [1.54, 1.807) is 0 Å². The Labute approximate surface area is 112 Å². The summed E-state index contributed by atoms with van der Waals surface area (Å²) in [4.78, 5) is 2.66. The molecule has 0 bridgehead atoms. The molecule has 0 spiro atoms. The minimum Gasteiger partial charge on any atom is -0.371 e. The zero-order chi connectivity index (χ0) is 13.2. The van der Waals surface area contributed by atoms with Crippen molar-refractivity contribution in [3.05, 3.63) is 0 Å². The summed E-state index contributed by atoms with van der Waals surface area (Å²) in [7, 11) is 0. The third-order valence-electron chi connectivity index (χ3n) is 4.57. The number of nitrogens with zero attached hydrogens (tertiary/aromatic N) is 1. The molecule has 2 heterocycles. The SMILES string of the molecule is CCC1CN(CC2CCC(C)(C)O2)C(CC)CN1. The summed E-state index contributed by atoms with van der Waals surface area (Å²) >= 11 is 0. The molecule has 2 rings (SSSR count). The maximum Gasteiger partial charge on any atom is 0.0710 e. The molecule has 1 N–H and O–H groups in total. The van der Waals surface area contributed by atoms with Crippen molar-refractivity contribution < 1.29 is 4.74 Å². The van der Waals surface area contributed by atoms with Crippen LogP contribution in [0.3, 0.4) is 0 Å². The van der Waals surface area contributed by atoms with Gasteiger partial charge in [-0.15, -0.1) is 0 Å². The average molecular weight is 254 g/mol. The van der Waals surface area contributed by atoms with E-state index in [-0.39, 0.29) is 5.60 Å². The molecule has 0 aromatic heterocycles. The molecule has 0 aromatic carbocycles. The maximum atomic E-state index is 6.15. The highest BCUT2D eigenvalue weighted by molar-refractivity contribution is 4.89. The zero-order valence-corrected chi connectivity index (χ0v) is 12.5. The van der Waals surface area contributed by atoms with Gasteiger partial charge in [0.05, 0.1) is 11.7 Å². The molecule has 0 aliphatic carbocycles. The van der Waals surface area contributed by atoms with Crippen LogP contribution >= 0.6 is 0 Å². The van der Waals surface area contributed by atoms with Gasteiger partial charge in [0, 0.05) is 31.7 Å². The predicted molar refractivity (Wildman–Crippen MR) is 75.9 cm³/mol. The quantitative estimate of drug-likeness (QED) is 0.834. The lowest BCUT2D eigenvalue weighted by Gasteiger charge is -2.41. The van der Waals surface area contributed by atoms with Gasteiger partial charge in [0.25, 0.3) is 0 Å². The van der Waals surface area contributed by atoms with Crippen LogP contribution in [0.4, 0.5) is 0 Å². The van der Waals surface area contributed by atoms with E-state index >= 15 is 0 Å². The molecule has 0 amide bonds. The van der Waals surface area contributed by atoms with Crippen LogP contribution in [0.5, 0.6) is 0 Å². The van der Waals surface area contributed by atoms with Gasteiger partial charge < -0.3 is 10.1 Å². The molecule has 3 unspecified atom stereocenters. The number of piperazine rings is 1. The monoisotopic (exact) mass is 254 g/mol. The first-order valence-electron chi connectivity index (χ1n) is 7.69. The molecule has 3 heteroatoms. The van der Waals surface area contributed by atoms with Gasteiger partial charge in [0.1, 0.15) is 0 Å². The summed E-state index contributed by atoms with van der Waals surface area (Å²) in [6.07, 6.45) is 5.34. The Morgan fingerprint density at radius 2 is 2.06 bits per heavy atom. The van der Waals surface area contributed by atoms with Crippen molar-refractivity contribution in [3.8, 4) is 0 Å². The van der Waals surface area contributed by atoms with E-state index in [9.17, 15) is 0 Å². The number of nitrogens with one attached hydrogen (secondary N) is 1. The lowest BCUT2D eigenvalue weighted by molar-refractivity contribution is -0.0387. The van der Waals surface area contributed by atoms with Gasteiger partial charge >= 0.3 is 0 Å². The molecule has 2 fully saturated rings. The molecule has 2 aliphatic heterocycles. The maximum absolute atomic E-state index is 6.15. The highest BCUT2D eigenvalue weighted by atomic mass is 16.5. The first kappa shape index (κ1) is 14.3. The molecule has 0 radical (unpaired) electrons. The van der Waals surface area contributed by atoms with Crippen LogP contribution in [0.2, 0.25) is 0 Å². The van der Waals surface area contributed by atoms with Gasteiger partial charge in [-0.25, -0.2) is 0 Å². The molecule has 3 atom stereocenters. The van der Waals surface area contributed by atoms with E-state index in [0.717, 1.165) is 13.1 Å². The van der Waals surface area contributed by atoms with E-state index in [4.69, 9.17) is 4.74 Å². The van der Waals surface area contributed by atoms with Crippen LogP contribution in [0, 0.1) is 0 Å². The normalized spacial score (nSPS) is 37.0. The fraction of sp³-hybridized carbons (Fsp3) is 1.00. The topological polar surface area (TPSA) is 24.5 Å². The van der Waals surface area contributed by atoms with E-state index in [1.807, 2.05) is 0 Å². The third kappa shape index (κ3) is 3.46. The van der Waals surface area contributed by atoms with E-state index in [1.165, 1.54) is 32.2 Å². The summed E-state index contributed by atoms with van der Waals surface area (Å²) in [5, 5.41) is 3.66. The summed E-state index contributed by atoms with van der Waals surface area (Å²) in [6, 6.07) is 1.36. The molecular weight excluding hydrogens is 224 g/mol. The van der Waals surface area contributed by atoms with Crippen molar-refractivity contribution in [1.82, 2.24) is 10.2 Å². The second-order valence-corrected chi connectivity index (χ2v) is 6.57. The third-order valence-corrected chi connectivity index (χ3v) is 4.57. The first-order valence-corrected chi connectivity index (χ1v) is 7.69. The Morgan fingerprint density at radius 3 is 2.61 bits per heavy atom. The van der Waals surface area contributed by atoms with Crippen LogP contribution in [0.15, 0.2) is 0 Å². The molecule has 18 heavy (non-hydrogen) atoms. The van der Waals surface area contributed by atoms with Crippen molar-refractivity contribution in [2.24, 2.45) is 0 Å². The van der Waals surface area contributed by atoms with Crippen LogP contribution in [0.25, 0.3) is 0 Å². The van der Waals surface area contributed by atoms with E-state index in [2.05, 4.69) is 37.9 Å². The Balaban J connectivity index is 1.89. The molecule has 2 aliphatic rings. The largest absolute Gasteiger partial charge is 0.371 e. The Morgan fingerprint density at radius 1 is 1.28 bits per heavy atom. The van der Waals surface area contributed by atoms with Crippen molar-refractivity contribution in [2.75, 3.05) is 19.6 Å². The predicted octanol–water partition coefficient (Wildman–Crippen LogP) is 2.41. The molecule has 106 valence electrons. The second kappa shape index (κ2) is 5.89. The summed E-state index contributed by atoms with van der Waals surface area (Å²) in [5.74, 6) is 0. The Bertz CT molecular complexity index is 267. The van der Waals surface area contributed by atoms with Crippen molar-refractivity contribution in [2.45, 2.75) is 77.2 Å². The number of rotatable bonds is 4. The Hall–Kier alpha value is -0.120. The van der Waals surface area contributed by atoms with Gasteiger partial charge in [-0.1, -0.05) is 13.8 Å². The summed E-state index contributed by atoms with van der Waals surface area (Å²) in [6.45, 7) is 12.5. The van der Waals surface area contributed by atoms with Crippen molar-refractivity contribution in [1.29, 1.82) is 0 Å². The number of hydrogen-bond donors (Lipinski definition) is 1. The van der Waals surface area contributed by atoms with Gasteiger partial charge in [0.2, 0.25) is 0 Å². The highest BCUT2D eigenvalue weighted by Crippen LogP contribution is 2.30. The minimum absolute atomic E-state index is 0.102. The van der Waals surface area contributed by atoms with Crippen molar-refractivity contribution in [3.63, 3.8) is 0 Å². The minimum atomic E-state index is 0.102. The summed E-state index contributed by atoms with van der Waals surface area (Å²) < 4.78 is 6.15. The fourth-order valence-corrected chi connectivity index (χ4v) is 3.30. The van der Waals surface area contributed by atoms with Crippen LogP contribution in [-0.4, -0.2) is 48.3 Å². The van der Waals surface area contributed by atoms with Gasteiger partial charge in [-0.05, 0) is 39.5 Å². The van der Waals surface area contributed by atoms with Gasteiger partial charge in [-0.3, -0.25) is 4.90 Å². The van der Waals surface area contributed by atoms with E-state index < -0.39 is 0 Å². The van der Waals surface area contributed by atoms with Crippen LogP contribution in [-0.2, 0) is 4.74 Å². The van der Waals surface area contributed by atoms with Crippen LogP contribution in [0.1, 0.15) is 53.4 Å². The molecule has 2 saturated heterocycles. The van der Waals surface area contributed by atoms with Crippen LogP contribution < -0.4 is 5.32 Å². The second-order valence-electron chi connectivity index (χ2n) is 6.57. The molecule has 0 aromatic rings. The standard InChI is InChI=1S/C15H30N2O/c1-5-12-10-17(13(6-2)9-16-12)11-14-7-8-15(3,4)18-14/h12-14,16H,5-11H2,1-4H3. The average Bonchev–Trinajstić information content (AvgIpc) is 2.68. The lowest BCUT2D eigenvalue weighted by Crippen LogP contribution is -2.57. The first-order chi connectivity index (χ1) is 8.54. The molecular formula is C15H30N2O. The summed E-state index contributed by atoms with van der Waals surface area (Å²) in [5.41, 5.74) is 0.102. The van der Waals surface area contributed by atoms with Gasteiger partial charge in [0.15, 0.2) is 0 Å². The smallest absolute Gasteiger partial charge is 0.0710 e. The Kier molecular flexibility index (Phi) is 4.68.